The Labute approximate surface area is 194 Å². The first-order chi connectivity index (χ1) is 16.1. The number of piperidine rings is 1. The summed E-state index contributed by atoms with van der Waals surface area (Å²) in [6.07, 6.45) is 7.84. The minimum absolute atomic E-state index is 0.00972. The maximum Gasteiger partial charge on any atom is 0.247 e. The first-order valence-electron chi connectivity index (χ1n) is 11.9. The molecule has 1 N–H and O–H groups in total. The zero-order chi connectivity index (χ0) is 22.8. The Balaban J connectivity index is 1.46. The summed E-state index contributed by atoms with van der Waals surface area (Å²) in [5.41, 5.74) is 1.12. The van der Waals surface area contributed by atoms with E-state index in [2.05, 4.69) is 0 Å². The number of aliphatic hydroxyl groups is 1. The van der Waals surface area contributed by atoms with Crippen molar-refractivity contribution in [1.29, 1.82) is 0 Å². The Morgan fingerprint density at radius 3 is 2.91 bits per heavy atom. The summed E-state index contributed by atoms with van der Waals surface area (Å²) in [6.45, 7) is 3.26. The summed E-state index contributed by atoms with van der Waals surface area (Å²) in [7, 11) is 0. The molecule has 33 heavy (non-hydrogen) atoms. The summed E-state index contributed by atoms with van der Waals surface area (Å²) < 4.78 is 16.8. The van der Waals surface area contributed by atoms with E-state index in [0.29, 0.717) is 25.3 Å². The molecule has 2 aliphatic heterocycles. The molecule has 1 amide bonds. The predicted octanol–water partition coefficient (Wildman–Crippen LogP) is 4.72. The zero-order valence-electron chi connectivity index (χ0n) is 19.0. The van der Waals surface area contributed by atoms with Crippen molar-refractivity contribution in [3.8, 4) is 17.2 Å². The fourth-order valence-electron chi connectivity index (χ4n) is 5.61. The number of rotatable bonds is 5. The van der Waals surface area contributed by atoms with Gasteiger partial charge in [0.15, 0.2) is 11.5 Å². The van der Waals surface area contributed by atoms with E-state index in [-0.39, 0.29) is 24.7 Å². The standard InChI is InChI=1S/C27H31NO5/c1-2-31-22-9-4-3-7-20(22)26-21-8-5-6-14-27(21,30)15-16-28(26)25(29)13-11-19-10-12-23-24(17-19)33-18-32-23/h3-4,7,9-13,17,21,26,30H,2,5-6,8,14-16,18H2,1H3/b13-11+/t21-,26+,27+/m1/s1. The highest BCUT2D eigenvalue weighted by Gasteiger charge is 2.50. The molecule has 0 spiro atoms. The molecule has 1 aliphatic carbocycles. The molecule has 0 aromatic heterocycles. The molecule has 1 saturated heterocycles. The third-order valence-electron chi connectivity index (χ3n) is 7.20. The van der Waals surface area contributed by atoms with Gasteiger partial charge in [-0.3, -0.25) is 4.79 Å². The molecule has 0 bridgehead atoms. The van der Waals surface area contributed by atoms with Crippen LogP contribution in [0.5, 0.6) is 17.2 Å². The first kappa shape index (κ1) is 21.8. The lowest BCUT2D eigenvalue weighted by Crippen LogP contribution is -2.56. The number of fused-ring (bicyclic) bond motifs is 2. The third kappa shape index (κ3) is 4.20. The largest absolute Gasteiger partial charge is 0.494 e. The number of hydrogen-bond donors (Lipinski definition) is 1. The molecule has 5 rings (SSSR count). The van der Waals surface area contributed by atoms with Gasteiger partial charge in [-0.1, -0.05) is 37.1 Å². The van der Waals surface area contributed by atoms with Crippen LogP contribution in [0.2, 0.25) is 0 Å². The van der Waals surface area contributed by atoms with Crippen LogP contribution in [-0.4, -0.2) is 41.5 Å². The Morgan fingerprint density at radius 1 is 1.18 bits per heavy atom. The monoisotopic (exact) mass is 449 g/mol. The fourth-order valence-corrected chi connectivity index (χ4v) is 5.61. The van der Waals surface area contributed by atoms with Crippen LogP contribution in [0, 0.1) is 5.92 Å². The zero-order valence-corrected chi connectivity index (χ0v) is 19.0. The van der Waals surface area contributed by atoms with Crippen molar-refractivity contribution < 1.29 is 24.1 Å². The number of ether oxygens (including phenoxy) is 3. The van der Waals surface area contributed by atoms with Crippen molar-refractivity contribution in [2.75, 3.05) is 19.9 Å². The Morgan fingerprint density at radius 2 is 2.03 bits per heavy atom. The van der Waals surface area contributed by atoms with Gasteiger partial charge in [-0.25, -0.2) is 0 Å². The summed E-state index contributed by atoms with van der Waals surface area (Å²) in [6, 6.07) is 13.4. The molecule has 1 saturated carbocycles. The summed E-state index contributed by atoms with van der Waals surface area (Å²) in [5, 5.41) is 11.5. The van der Waals surface area contributed by atoms with Crippen LogP contribution >= 0.6 is 0 Å². The van der Waals surface area contributed by atoms with Crippen LogP contribution in [-0.2, 0) is 4.79 Å². The van der Waals surface area contributed by atoms with Gasteiger partial charge < -0.3 is 24.2 Å². The van der Waals surface area contributed by atoms with E-state index in [0.717, 1.165) is 48.3 Å². The van der Waals surface area contributed by atoms with Crippen LogP contribution in [0.1, 0.15) is 56.2 Å². The van der Waals surface area contributed by atoms with Gasteiger partial charge in [0.2, 0.25) is 12.7 Å². The number of benzene rings is 2. The minimum Gasteiger partial charge on any atom is -0.494 e. The minimum atomic E-state index is -0.736. The average Bonchev–Trinajstić information content (AvgIpc) is 3.30. The second-order valence-corrected chi connectivity index (χ2v) is 9.10. The van der Waals surface area contributed by atoms with Crippen molar-refractivity contribution in [1.82, 2.24) is 4.90 Å². The van der Waals surface area contributed by atoms with E-state index in [4.69, 9.17) is 14.2 Å². The summed E-state index contributed by atoms with van der Waals surface area (Å²) >= 11 is 0. The molecule has 6 heteroatoms. The van der Waals surface area contributed by atoms with E-state index in [9.17, 15) is 9.90 Å². The van der Waals surface area contributed by atoms with E-state index >= 15 is 0 Å². The van der Waals surface area contributed by atoms with E-state index in [1.165, 1.54) is 0 Å². The van der Waals surface area contributed by atoms with Crippen molar-refractivity contribution in [3.63, 3.8) is 0 Å². The third-order valence-corrected chi connectivity index (χ3v) is 7.20. The topological polar surface area (TPSA) is 68.2 Å². The van der Waals surface area contributed by atoms with Crippen molar-refractivity contribution in [2.24, 2.45) is 5.92 Å². The van der Waals surface area contributed by atoms with Gasteiger partial charge in [0.05, 0.1) is 18.2 Å². The summed E-state index contributed by atoms with van der Waals surface area (Å²) in [4.78, 5) is 15.4. The quantitative estimate of drug-likeness (QED) is 0.669. The molecule has 0 radical (unpaired) electrons. The lowest BCUT2D eigenvalue weighted by atomic mass is 9.66. The van der Waals surface area contributed by atoms with Gasteiger partial charge in [-0.2, -0.15) is 0 Å². The van der Waals surface area contributed by atoms with E-state index < -0.39 is 5.60 Å². The SMILES string of the molecule is CCOc1ccccc1[C@H]1[C@H]2CCCC[C@]2(O)CCN1C(=O)/C=C/c1ccc2c(c1)OCO2. The number of para-hydroxylation sites is 1. The van der Waals surface area contributed by atoms with Crippen molar-refractivity contribution in [3.05, 3.63) is 59.7 Å². The number of hydrogen-bond acceptors (Lipinski definition) is 5. The molecule has 2 aromatic rings. The fraction of sp³-hybridized carbons (Fsp3) is 0.444. The van der Waals surface area contributed by atoms with Crippen molar-refractivity contribution in [2.45, 2.75) is 50.7 Å². The summed E-state index contributed by atoms with van der Waals surface area (Å²) in [5.74, 6) is 2.13. The van der Waals surface area contributed by atoms with Crippen LogP contribution in [0.15, 0.2) is 48.5 Å². The Bertz CT molecular complexity index is 1050. The Kier molecular flexibility index (Phi) is 6.02. The predicted molar refractivity (Wildman–Crippen MR) is 125 cm³/mol. The molecule has 2 heterocycles. The van der Waals surface area contributed by atoms with Crippen LogP contribution in [0.25, 0.3) is 6.08 Å². The second kappa shape index (κ2) is 9.10. The van der Waals surface area contributed by atoms with Gasteiger partial charge in [0.25, 0.3) is 0 Å². The van der Waals surface area contributed by atoms with E-state index in [1.54, 1.807) is 6.08 Å². The molecule has 0 unspecified atom stereocenters. The number of carbonyl (C=O) groups excluding carboxylic acids is 1. The molecule has 3 atom stereocenters. The first-order valence-corrected chi connectivity index (χ1v) is 11.9. The number of likely N-dealkylation sites (tertiary alicyclic amines) is 1. The van der Waals surface area contributed by atoms with Gasteiger partial charge in [0, 0.05) is 24.1 Å². The van der Waals surface area contributed by atoms with Crippen molar-refractivity contribution >= 4 is 12.0 Å². The van der Waals surface area contributed by atoms with Crippen LogP contribution in [0.4, 0.5) is 0 Å². The average molecular weight is 450 g/mol. The maximum atomic E-state index is 13.5. The number of nitrogens with zero attached hydrogens (tertiary/aromatic N) is 1. The highest BCUT2D eigenvalue weighted by atomic mass is 16.7. The maximum absolute atomic E-state index is 13.5. The lowest BCUT2D eigenvalue weighted by Gasteiger charge is -2.52. The second-order valence-electron chi connectivity index (χ2n) is 9.10. The Hall–Kier alpha value is -2.99. The lowest BCUT2D eigenvalue weighted by molar-refractivity contribution is -0.151. The van der Waals surface area contributed by atoms with Gasteiger partial charge in [-0.05, 0) is 56.0 Å². The van der Waals surface area contributed by atoms with Crippen LogP contribution in [0.3, 0.4) is 0 Å². The van der Waals surface area contributed by atoms with E-state index in [1.807, 2.05) is 60.4 Å². The van der Waals surface area contributed by atoms with Gasteiger partial charge in [0.1, 0.15) is 5.75 Å². The van der Waals surface area contributed by atoms with Gasteiger partial charge >= 0.3 is 0 Å². The molecule has 174 valence electrons. The molecule has 6 nitrogen and oxygen atoms in total. The van der Waals surface area contributed by atoms with Gasteiger partial charge in [-0.15, -0.1) is 0 Å². The smallest absolute Gasteiger partial charge is 0.247 e. The number of amides is 1. The molecular weight excluding hydrogens is 418 g/mol. The molecule has 3 aliphatic rings. The van der Waals surface area contributed by atoms with Crippen LogP contribution < -0.4 is 14.2 Å². The molecule has 2 fully saturated rings. The highest BCUT2D eigenvalue weighted by Crippen LogP contribution is 2.51. The normalized spacial score (nSPS) is 26.3. The molecule has 2 aromatic carbocycles. The molecular formula is C27H31NO5. The highest BCUT2D eigenvalue weighted by molar-refractivity contribution is 5.92. The number of carbonyl (C=O) groups is 1.